The van der Waals surface area contributed by atoms with Gasteiger partial charge in [0.15, 0.2) is 0 Å². The van der Waals surface area contributed by atoms with E-state index in [1.54, 1.807) is 24.3 Å². The van der Waals surface area contributed by atoms with Crippen LogP contribution in [-0.2, 0) is 28.8 Å². The highest BCUT2D eigenvalue weighted by Crippen LogP contribution is 2.20. The fourth-order valence-corrected chi connectivity index (χ4v) is 6.26. The number of carbonyl (C=O) groups is 2. The van der Waals surface area contributed by atoms with E-state index in [2.05, 4.69) is 27.8 Å². The van der Waals surface area contributed by atoms with E-state index in [0.29, 0.717) is 70.3 Å². The molecule has 0 radical (unpaired) electrons. The average molecular weight is 769 g/mol. The van der Waals surface area contributed by atoms with Crippen molar-refractivity contribution in [3.63, 3.8) is 0 Å². The highest BCUT2D eigenvalue weighted by atomic mass is 32.2. The van der Waals surface area contributed by atoms with Crippen molar-refractivity contribution in [2.24, 2.45) is 0 Å². The zero-order chi connectivity index (χ0) is 38.2. The van der Waals surface area contributed by atoms with Gasteiger partial charge in [0.1, 0.15) is 0 Å². The van der Waals surface area contributed by atoms with Crippen LogP contribution in [0.15, 0.2) is 33.9 Å². The Morgan fingerprint density at radius 3 is 1.51 bits per heavy atom. The predicted octanol–water partition coefficient (Wildman–Crippen LogP) is 8.35. The van der Waals surface area contributed by atoms with Gasteiger partial charge in [-0.25, -0.2) is 8.42 Å². The molecule has 0 spiro atoms. The number of rotatable bonds is 35. The van der Waals surface area contributed by atoms with E-state index in [1.807, 2.05) is 0 Å². The summed E-state index contributed by atoms with van der Waals surface area (Å²) in [6.07, 6.45) is 27.1. The minimum atomic E-state index is -3.59. The standard InChI is InChI=1S/C40H68N4O8S.2H2/c1-3-4-5-6-7-8-9-10-11-12-13-14-15-16-17-18-19-20-21-22-37(45)41-27-29-49-31-33-51-34-32-50-30-28-42-38(46)35-23-25-36(26-24-35)39-43-44-40(52-39)53(2,47)48;;/h23-26H,3-22,27-34H2,1-2H3,(H,41,45)(H,42,46);2*1H. The number of nitrogens with zero attached hydrogens (tertiary/aromatic N) is 2. The molecule has 1 aromatic heterocycles. The predicted molar refractivity (Wildman–Crippen MR) is 213 cm³/mol. The maximum atomic E-state index is 12.4. The van der Waals surface area contributed by atoms with Gasteiger partial charge < -0.3 is 29.3 Å². The normalized spacial score (nSPS) is 11.6. The van der Waals surface area contributed by atoms with Gasteiger partial charge >= 0.3 is 5.22 Å². The minimum Gasteiger partial charge on any atom is -0.408 e. The fraction of sp³-hybridized carbons (Fsp3) is 0.750. The summed E-state index contributed by atoms with van der Waals surface area (Å²) in [7, 11) is -3.59. The van der Waals surface area contributed by atoms with Crippen LogP contribution in [0.25, 0.3) is 11.5 Å². The van der Waals surface area contributed by atoms with E-state index < -0.39 is 15.1 Å². The molecule has 0 bridgehead atoms. The topological polar surface area (TPSA) is 159 Å². The van der Waals surface area contributed by atoms with Crippen molar-refractivity contribution in [3.05, 3.63) is 29.8 Å². The Morgan fingerprint density at radius 1 is 0.623 bits per heavy atom. The molecule has 1 aromatic carbocycles. The van der Waals surface area contributed by atoms with Crippen LogP contribution in [0.3, 0.4) is 0 Å². The van der Waals surface area contributed by atoms with Gasteiger partial charge in [0.05, 0.1) is 39.6 Å². The van der Waals surface area contributed by atoms with Crippen molar-refractivity contribution in [1.82, 2.24) is 20.8 Å². The molecular weight excluding hydrogens is 697 g/mol. The first-order valence-electron chi connectivity index (χ1n) is 20.2. The minimum absolute atomic E-state index is 0. The van der Waals surface area contributed by atoms with Crippen molar-refractivity contribution < 1.29 is 39.5 Å². The molecule has 306 valence electrons. The summed E-state index contributed by atoms with van der Waals surface area (Å²) in [6, 6.07) is 6.38. The third kappa shape index (κ3) is 24.2. The lowest BCUT2D eigenvalue weighted by atomic mass is 10.0. The molecule has 0 aliphatic carbocycles. The van der Waals surface area contributed by atoms with Gasteiger partial charge in [0.25, 0.3) is 5.91 Å². The number of hydrogen-bond acceptors (Lipinski definition) is 10. The Morgan fingerprint density at radius 2 is 1.06 bits per heavy atom. The molecule has 0 aliphatic heterocycles. The molecule has 2 rings (SSSR count). The number of nitrogens with one attached hydrogen (secondary N) is 2. The summed E-state index contributed by atoms with van der Waals surface area (Å²) in [5.41, 5.74) is 0.927. The number of unbranched alkanes of at least 4 members (excludes halogenated alkanes) is 18. The molecule has 2 amide bonds. The molecule has 2 aromatic rings. The monoisotopic (exact) mass is 769 g/mol. The smallest absolute Gasteiger partial charge is 0.335 e. The highest BCUT2D eigenvalue weighted by Gasteiger charge is 2.17. The van der Waals surface area contributed by atoms with Crippen molar-refractivity contribution in [1.29, 1.82) is 0 Å². The summed E-state index contributed by atoms with van der Waals surface area (Å²) < 4.78 is 44.7. The molecular formula is C40H72N4O8S. The maximum Gasteiger partial charge on any atom is 0.335 e. The first kappa shape index (κ1) is 46.3. The van der Waals surface area contributed by atoms with E-state index in [-0.39, 0.29) is 20.6 Å². The number of hydrogen-bond donors (Lipinski definition) is 2. The fourth-order valence-electron chi connectivity index (χ4n) is 5.84. The second-order valence-electron chi connectivity index (χ2n) is 13.8. The van der Waals surface area contributed by atoms with Crippen LogP contribution in [0.1, 0.15) is 149 Å². The number of aromatic nitrogens is 2. The zero-order valence-electron chi connectivity index (χ0n) is 32.7. The molecule has 0 fully saturated rings. The number of sulfone groups is 1. The molecule has 12 nitrogen and oxygen atoms in total. The third-order valence-electron chi connectivity index (χ3n) is 8.97. The van der Waals surface area contributed by atoms with Gasteiger partial charge in [-0.05, 0) is 30.7 Å². The summed E-state index contributed by atoms with van der Waals surface area (Å²) in [5.74, 6) is -0.123. The highest BCUT2D eigenvalue weighted by molar-refractivity contribution is 7.90. The molecule has 0 atom stereocenters. The van der Waals surface area contributed by atoms with Gasteiger partial charge in [-0.1, -0.05) is 128 Å². The summed E-state index contributed by atoms with van der Waals surface area (Å²) in [6.45, 7) is 5.57. The molecule has 2 N–H and O–H groups in total. The van der Waals surface area contributed by atoms with Crippen molar-refractivity contribution >= 4 is 21.7 Å². The number of amides is 2. The zero-order valence-corrected chi connectivity index (χ0v) is 33.5. The van der Waals surface area contributed by atoms with E-state index in [9.17, 15) is 18.0 Å². The molecule has 0 saturated heterocycles. The Bertz CT molecular complexity index is 1330. The number of ether oxygens (including phenoxy) is 3. The van der Waals surface area contributed by atoms with Crippen molar-refractivity contribution in [3.8, 4) is 11.5 Å². The Hall–Kier alpha value is -2.87. The van der Waals surface area contributed by atoms with Crippen LogP contribution in [-0.4, -0.2) is 89.4 Å². The van der Waals surface area contributed by atoms with Crippen LogP contribution in [0.2, 0.25) is 0 Å². The molecule has 0 unspecified atom stereocenters. The van der Waals surface area contributed by atoms with E-state index >= 15 is 0 Å². The molecule has 13 heteroatoms. The van der Waals surface area contributed by atoms with Gasteiger partial charge in [0, 0.05) is 39.7 Å². The van der Waals surface area contributed by atoms with Crippen LogP contribution in [0.4, 0.5) is 0 Å². The Labute approximate surface area is 322 Å². The summed E-state index contributed by atoms with van der Waals surface area (Å²) in [5, 5.41) is 12.5. The quantitative estimate of drug-likeness (QED) is 0.0653. The summed E-state index contributed by atoms with van der Waals surface area (Å²) >= 11 is 0. The van der Waals surface area contributed by atoms with Gasteiger partial charge in [-0.2, -0.15) is 0 Å². The first-order valence-corrected chi connectivity index (χ1v) is 22.1. The molecule has 53 heavy (non-hydrogen) atoms. The third-order valence-corrected chi connectivity index (χ3v) is 9.77. The average Bonchev–Trinajstić information content (AvgIpc) is 3.66. The van der Waals surface area contributed by atoms with Crippen molar-refractivity contribution in [2.45, 2.75) is 141 Å². The second kappa shape index (κ2) is 30.5. The van der Waals surface area contributed by atoms with E-state index in [1.165, 1.54) is 109 Å². The van der Waals surface area contributed by atoms with Gasteiger partial charge in [-0.3, -0.25) is 9.59 Å². The molecule has 0 aliphatic rings. The number of benzene rings is 1. The van der Waals surface area contributed by atoms with Crippen LogP contribution in [0.5, 0.6) is 0 Å². The van der Waals surface area contributed by atoms with Gasteiger partial charge in [-0.15, -0.1) is 5.10 Å². The molecule has 1 heterocycles. The van der Waals surface area contributed by atoms with Crippen molar-refractivity contribution in [2.75, 3.05) is 59.0 Å². The van der Waals surface area contributed by atoms with Crippen LogP contribution in [0, 0.1) is 0 Å². The SMILES string of the molecule is CCCCCCCCCCCCCCCCCCCCCC(=O)NCCOCCOCCOCCNC(=O)c1ccc(-c2nnc(S(C)(=O)=O)o2)cc1.[HH].[HH]. The van der Waals surface area contributed by atoms with E-state index in [0.717, 1.165) is 19.1 Å². The second-order valence-corrected chi connectivity index (χ2v) is 15.7. The first-order chi connectivity index (χ1) is 25.8. The largest absolute Gasteiger partial charge is 0.408 e. The van der Waals surface area contributed by atoms with E-state index in [4.69, 9.17) is 18.6 Å². The maximum absolute atomic E-state index is 12.4. The number of carbonyl (C=O) groups excluding carboxylic acids is 2. The lowest BCUT2D eigenvalue weighted by molar-refractivity contribution is -0.121. The van der Waals surface area contributed by atoms with Gasteiger partial charge in [0.2, 0.25) is 21.6 Å². The van der Waals surface area contributed by atoms with Crippen LogP contribution < -0.4 is 10.6 Å². The Balaban J connectivity index is 0.0000146. The molecule has 0 saturated carbocycles. The summed E-state index contributed by atoms with van der Waals surface area (Å²) in [4.78, 5) is 24.4. The van der Waals surface area contributed by atoms with Crippen LogP contribution >= 0.6 is 0 Å². The lowest BCUT2D eigenvalue weighted by Crippen LogP contribution is -2.27. The Kier molecular flexibility index (Phi) is 26.6. The lowest BCUT2D eigenvalue weighted by Gasteiger charge is -2.09.